The predicted molar refractivity (Wildman–Crippen MR) is 184 cm³/mol. The first-order valence-corrected chi connectivity index (χ1v) is 17.3. The van der Waals surface area contributed by atoms with Gasteiger partial charge in [0.25, 0.3) is 5.56 Å². The number of alkyl carbamates (subject to hydrolysis) is 1. The Labute approximate surface area is 289 Å². The highest BCUT2D eigenvalue weighted by Crippen LogP contribution is 2.46. The highest BCUT2D eigenvalue weighted by Gasteiger charge is 2.61. The molecule has 2 aliphatic rings. The monoisotopic (exact) mass is 727 g/mol. The number of hydrogen-bond acceptors (Lipinski definition) is 9. The Morgan fingerprint density at radius 1 is 1.19 bits per heavy atom. The molecule has 48 heavy (non-hydrogen) atoms. The van der Waals surface area contributed by atoms with Crippen molar-refractivity contribution in [3.8, 4) is 11.1 Å². The van der Waals surface area contributed by atoms with Gasteiger partial charge in [0.2, 0.25) is 5.91 Å². The van der Waals surface area contributed by atoms with Crippen molar-refractivity contribution < 1.29 is 28.7 Å². The second-order valence-corrected chi connectivity index (χ2v) is 14.1. The number of aldehydes is 1. The Hall–Kier alpha value is -3.84. The van der Waals surface area contributed by atoms with Gasteiger partial charge in [-0.25, -0.2) is 14.3 Å². The van der Waals surface area contributed by atoms with Gasteiger partial charge in [-0.15, -0.1) is 0 Å². The van der Waals surface area contributed by atoms with Gasteiger partial charge in [-0.3, -0.25) is 9.59 Å². The first-order valence-electron chi connectivity index (χ1n) is 16.5. The molecule has 0 spiro atoms. The summed E-state index contributed by atoms with van der Waals surface area (Å²) in [5.74, 6) is -0.974. The number of carbonyl (C=O) groups is 4. The quantitative estimate of drug-likeness (QED) is 0.103. The number of rotatable bonds is 15. The summed E-state index contributed by atoms with van der Waals surface area (Å²) in [5.41, 5.74) is -0.467. The number of carbonyl (C=O) groups excluding carboxylic acids is 4. The van der Waals surface area contributed by atoms with Crippen molar-refractivity contribution in [1.29, 1.82) is 0 Å². The SMILES string of the molecule is CCOC(=O)[C@@]1(NC(=O)[C@@H]2C[C@@H](n3ncc(-c4ccccc4)c(Br)c3=O)CN2)C[C@H]1/C=C\CCCCC[C@@H](C=O)NC(=O)OC(C)(C)C. The minimum Gasteiger partial charge on any atom is -0.464 e. The molecule has 2 heterocycles. The number of hydrogen-bond donors (Lipinski definition) is 3. The number of halogens is 1. The third-order valence-electron chi connectivity index (χ3n) is 8.42. The van der Waals surface area contributed by atoms with Crippen LogP contribution >= 0.6 is 15.9 Å². The van der Waals surface area contributed by atoms with E-state index in [-0.39, 0.29) is 30.0 Å². The highest BCUT2D eigenvalue weighted by atomic mass is 79.9. The molecule has 12 nitrogen and oxygen atoms in total. The van der Waals surface area contributed by atoms with Gasteiger partial charge in [0.15, 0.2) is 0 Å². The van der Waals surface area contributed by atoms with E-state index in [0.717, 1.165) is 37.5 Å². The van der Waals surface area contributed by atoms with Gasteiger partial charge >= 0.3 is 12.1 Å². The molecule has 0 radical (unpaired) electrons. The Bertz CT molecular complexity index is 1540. The van der Waals surface area contributed by atoms with Crippen molar-refractivity contribution in [3.63, 3.8) is 0 Å². The van der Waals surface area contributed by atoms with Crippen LogP contribution < -0.4 is 21.5 Å². The molecule has 1 aliphatic heterocycles. The number of unbranched alkanes of at least 4 members (excludes halogenated alkanes) is 3. The van der Waals surface area contributed by atoms with Crippen LogP contribution in [-0.4, -0.2) is 70.4 Å². The zero-order chi connectivity index (χ0) is 34.9. The first kappa shape index (κ1) is 37.0. The lowest BCUT2D eigenvalue weighted by Gasteiger charge is -2.21. The number of allylic oxidation sites excluding steroid dienone is 1. The molecule has 1 saturated carbocycles. The molecule has 1 aromatic heterocycles. The molecule has 13 heteroatoms. The molecule has 5 atom stereocenters. The maximum Gasteiger partial charge on any atom is 0.408 e. The largest absolute Gasteiger partial charge is 0.464 e. The van der Waals surface area contributed by atoms with Gasteiger partial charge in [0, 0.05) is 18.0 Å². The van der Waals surface area contributed by atoms with E-state index in [1.807, 2.05) is 42.5 Å². The number of esters is 1. The maximum absolute atomic E-state index is 13.4. The molecular formula is C35H46BrN5O7. The van der Waals surface area contributed by atoms with E-state index in [2.05, 4.69) is 37.0 Å². The van der Waals surface area contributed by atoms with E-state index in [0.29, 0.717) is 35.8 Å². The van der Waals surface area contributed by atoms with E-state index in [1.165, 1.54) is 4.68 Å². The van der Waals surface area contributed by atoms with Crippen molar-refractivity contribution in [2.45, 2.75) is 102 Å². The number of benzene rings is 1. The normalized spacial score (nSPS) is 22.6. The Balaban J connectivity index is 1.26. The molecule has 0 unspecified atom stereocenters. The van der Waals surface area contributed by atoms with Gasteiger partial charge in [0.05, 0.1) is 35.4 Å². The van der Waals surface area contributed by atoms with Crippen LogP contribution in [0.2, 0.25) is 0 Å². The molecular weight excluding hydrogens is 682 g/mol. The second kappa shape index (κ2) is 16.5. The van der Waals surface area contributed by atoms with E-state index < -0.39 is 35.3 Å². The molecule has 4 rings (SSSR count). The summed E-state index contributed by atoms with van der Waals surface area (Å²) < 4.78 is 12.4. The van der Waals surface area contributed by atoms with Gasteiger partial charge in [-0.2, -0.15) is 5.10 Å². The van der Waals surface area contributed by atoms with Crippen LogP contribution in [0.5, 0.6) is 0 Å². The fourth-order valence-corrected chi connectivity index (χ4v) is 6.35. The smallest absolute Gasteiger partial charge is 0.408 e. The molecule has 2 aromatic rings. The van der Waals surface area contributed by atoms with Crippen LogP contribution in [0.15, 0.2) is 57.9 Å². The highest BCUT2D eigenvalue weighted by molar-refractivity contribution is 9.10. The molecule has 3 N–H and O–H groups in total. The second-order valence-electron chi connectivity index (χ2n) is 13.3. The average molecular weight is 729 g/mol. The lowest BCUT2D eigenvalue weighted by Crippen LogP contribution is -2.51. The molecule has 1 aliphatic carbocycles. The summed E-state index contributed by atoms with van der Waals surface area (Å²) in [6.45, 7) is 7.59. The van der Waals surface area contributed by atoms with Crippen molar-refractivity contribution in [2.24, 2.45) is 5.92 Å². The summed E-state index contributed by atoms with van der Waals surface area (Å²) in [6, 6.07) is 7.97. The van der Waals surface area contributed by atoms with Crippen LogP contribution in [0.1, 0.15) is 78.7 Å². The van der Waals surface area contributed by atoms with Crippen molar-refractivity contribution >= 4 is 40.2 Å². The van der Waals surface area contributed by atoms with Crippen LogP contribution in [0.4, 0.5) is 4.79 Å². The van der Waals surface area contributed by atoms with Gasteiger partial charge in [0.1, 0.15) is 17.4 Å². The summed E-state index contributed by atoms with van der Waals surface area (Å²) >= 11 is 3.44. The molecule has 2 fully saturated rings. The molecule has 1 aromatic carbocycles. The Morgan fingerprint density at radius 3 is 2.62 bits per heavy atom. The summed E-state index contributed by atoms with van der Waals surface area (Å²) in [6.07, 6.45) is 10.3. The van der Waals surface area contributed by atoms with Crippen LogP contribution in [0, 0.1) is 5.92 Å². The Kier molecular flexibility index (Phi) is 12.7. The summed E-state index contributed by atoms with van der Waals surface area (Å²) in [7, 11) is 0. The third-order valence-corrected chi connectivity index (χ3v) is 9.19. The van der Waals surface area contributed by atoms with Crippen LogP contribution in [0.3, 0.4) is 0 Å². The van der Waals surface area contributed by atoms with Gasteiger partial charge in [-0.1, -0.05) is 55.3 Å². The topological polar surface area (TPSA) is 158 Å². The minimum absolute atomic E-state index is 0.194. The third kappa shape index (κ3) is 9.62. The minimum atomic E-state index is -1.12. The molecule has 2 amide bonds. The lowest BCUT2D eigenvalue weighted by atomic mass is 10.1. The predicted octanol–water partition coefficient (Wildman–Crippen LogP) is 4.61. The number of ether oxygens (including phenoxy) is 2. The van der Waals surface area contributed by atoms with Gasteiger partial charge < -0.3 is 30.2 Å². The Morgan fingerprint density at radius 2 is 1.94 bits per heavy atom. The maximum atomic E-state index is 13.4. The molecule has 0 bridgehead atoms. The fourth-order valence-electron chi connectivity index (χ4n) is 5.84. The zero-order valence-electron chi connectivity index (χ0n) is 28.0. The van der Waals surface area contributed by atoms with Crippen molar-refractivity contribution in [2.75, 3.05) is 13.2 Å². The number of nitrogens with zero attached hydrogens (tertiary/aromatic N) is 2. The standard InChI is InChI=1S/C35H46BrN5O7/c1-5-47-32(45)35(19-24(35)16-12-7-6-8-13-17-25(22-42)39-33(46)48-34(2,3)4)40-30(43)28-18-26(20-37-28)41-31(44)29(36)27(21-38-41)23-14-10-9-11-15-23/h9-12,14-16,21-22,24-26,28,37H,5-8,13,17-20H2,1-4H3,(H,39,46)(H,40,43)/b16-12-/t24-,25+,26-,28+,35-/m1/s1. The van der Waals surface area contributed by atoms with Crippen LogP contribution in [-0.2, 0) is 23.9 Å². The van der Waals surface area contributed by atoms with E-state index in [9.17, 15) is 24.0 Å². The van der Waals surface area contributed by atoms with Crippen LogP contribution in [0.25, 0.3) is 11.1 Å². The summed E-state index contributed by atoms with van der Waals surface area (Å²) in [5, 5.41) is 13.2. The summed E-state index contributed by atoms with van der Waals surface area (Å²) in [4.78, 5) is 62.9. The zero-order valence-corrected chi connectivity index (χ0v) is 29.6. The average Bonchev–Trinajstić information content (AvgIpc) is 3.50. The fraction of sp³-hybridized carbons (Fsp3) is 0.543. The molecule has 1 saturated heterocycles. The van der Waals surface area contributed by atoms with Crippen molar-refractivity contribution in [3.05, 3.63) is 63.5 Å². The van der Waals surface area contributed by atoms with Crippen molar-refractivity contribution in [1.82, 2.24) is 25.7 Å². The van der Waals surface area contributed by atoms with E-state index >= 15 is 0 Å². The number of aromatic nitrogens is 2. The number of nitrogens with one attached hydrogen (secondary N) is 3. The lowest BCUT2D eigenvalue weighted by molar-refractivity contribution is -0.149. The molecule has 260 valence electrons. The van der Waals surface area contributed by atoms with Gasteiger partial charge in [-0.05, 0) is 81.3 Å². The van der Waals surface area contributed by atoms with E-state index in [1.54, 1.807) is 33.9 Å². The number of amides is 2. The van der Waals surface area contributed by atoms with E-state index in [4.69, 9.17) is 9.47 Å². The first-order chi connectivity index (χ1) is 22.9.